The van der Waals surface area contributed by atoms with Crippen LogP contribution >= 0.6 is 0 Å². The van der Waals surface area contributed by atoms with Gasteiger partial charge in [0.1, 0.15) is 0 Å². The van der Waals surface area contributed by atoms with Gasteiger partial charge in [-0.15, -0.1) is 0 Å². The largest absolute Gasteiger partial charge is 0.0985 e. The Kier molecular flexibility index (Phi) is 4.49. The summed E-state index contributed by atoms with van der Waals surface area (Å²) in [5, 5.41) is 0. The fraction of sp³-hybridized carbons (Fsp3) is 0.360. The molecule has 0 bridgehead atoms. The lowest BCUT2D eigenvalue weighted by Gasteiger charge is -2.42. The average molecular weight is 331 g/mol. The van der Waals surface area contributed by atoms with Crippen LogP contribution in [0.2, 0.25) is 0 Å². The second-order valence-corrected chi connectivity index (χ2v) is 8.73. The van der Waals surface area contributed by atoms with E-state index in [1.165, 1.54) is 40.7 Å². The summed E-state index contributed by atoms with van der Waals surface area (Å²) in [5.74, 6) is 0. The summed E-state index contributed by atoms with van der Waals surface area (Å²) in [4.78, 5) is 0. The molecule has 0 saturated carbocycles. The minimum absolute atomic E-state index is 0.258. The molecule has 0 aliphatic heterocycles. The van der Waals surface area contributed by atoms with Crippen molar-refractivity contribution in [1.82, 2.24) is 0 Å². The molecule has 0 spiro atoms. The van der Waals surface area contributed by atoms with E-state index in [0.717, 1.165) is 5.56 Å². The van der Waals surface area contributed by atoms with Gasteiger partial charge < -0.3 is 0 Å². The minimum atomic E-state index is 0.258. The van der Waals surface area contributed by atoms with Gasteiger partial charge in [-0.05, 0) is 64.0 Å². The molecule has 0 amide bonds. The van der Waals surface area contributed by atoms with Crippen LogP contribution < -0.4 is 0 Å². The number of fused-ring (bicyclic) bond motifs is 1. The van der Waals surface area contributed by atoms with E-state index in [1.807, 2.05) is 6.08 Å². The quantitative estimate of drug-likeness (QED) is 0.520. The fourth-order valence-electron chi connectivity index (χ4n) is 3.91. The topological polar surface area (TPSA) is 0 Å². The molecule has 0 heterocycles. The van der Waals surface area contributed by atoms with Crippen molar-refractivity contribution in [3.8, 4) is 0 Å². The zero-order chi connectivity index (χ0) is 18.2. The van der Waals surface area contributed by atoms with E-state index < -0.39 is 0 Å². The fourth-order valence-corrected chi connectivity index (χ4v) is 3.91. The molecule has 0 saturated heterocycles. The van der Waals surface area contributed by atoms with Crippen LogP contribution in [-0.2, 0) is 10.8 Å². The molecule has 0 unspecified atom stereocenters. The highest BCUT2D eigenvalue weighted by atomic mass is 14.4. The number of benzene rings is 2. The van der Waals surface area contributed by atoms with Crippen molar-refractivity contribution in [3.63, 3.8) is 0 Å². The highest BCUT2D eigenvalue weighted by Gasteiger charge is 2.36. The average Bonchev–Trinajstić information content (AvgIpc) is 2.59. The van der Waals surface area contributed by atoms with Gasteiger partial charge in [-0.3, -0.25) is 0 Å². The molecule has 3 rings (SSSR count). The summed E-state index contributed by atoms with van der Waals surface area (Å²) in [5.41, 5.74) is 8.60. The normalized spacial score (nSPS) is 18.5. The number of rotatable bonds is 3. The van der Waals surface area contributed by atoms with Gasteiger partial charge in [0.2, 0.25) is 0 Å². The lowest BCUT2D eigenvalue weighted by molar-refractivity contribution is 0.332. The van der Waals surface area contributed by atoms with E-state index in [9.17, 15) is 0 Å². The molecule has 0 N–H and O–H groups in total. The second kappa shape index (κ2) is 6.33. The van der Waals surface area contributed by atoms with Crippen LogP contribution in [0.5, 0.6) is 0 Å². The van der Waals surface area contributed by atoms with E-state index in [1.54, 1.807) is 0 Å². The van der Waals surface area contributed by atoms with E-state index in [4.69, 9.17) is 0 Å². The highest BCUT2D eigenvalue weighted by molar-refractivity contribution is 5.80. The minimum Gasteiger partial charge on any atom is -0.0985 e. The molecule has 0 fully saturated rings. The van der Waals surface area contributed by atoms with Crippen LogP contribution in [0.4, 0.5) is 0 Å². The molecule has 1 aliphatic carbocycles. The molecule has 0 aromatic heterocycles. The third-order valence-corrected chi connectivity index (χ3v) is 5.86. The third kappa shape index (κ3) is 3.49. The van der Waals surface area contributed by atoms with Crippen molar-refractivity contribution >= 4 is 17.7 Å². The number of hydrogen-bond donors (Lipinski definition) is 0. The van der Waals surface area contributed by atoms with Crippen LogP contribution in [0.15, 0.2) is 49.0 Å². The molecular weight excluding hydrogens is 300 g/mol. The van der Waals surface area contributed by atoms with Gasteiger partial charge in [-0.1, -0.05) is 88.9 Å². The van der Waals surface area contributed by atoms with E-state index >= 15 is 0 Å². The summed E-state index contributed by atoms with van der Waals surface area (Å²) < 4.78 is 0. The molecule has 0 nitrogen and oxygen atoms in total. The Morgan fingerprint density at radius 3 is 2.00 bits per heavy atom. The summed E-state index contributed by atoms with van der Waals surface area (Å²) in [6.07, 6.45) is 6.70. The Bertz CT molecular complexity index is 814. The molecule has 2 aromatic rings. The second-order valence-electron chi connectivity index (χ2n) is 8.73. The maximum Gasteiger partial charge on any atom is -0.0100 e. The van der Waals surface area contributed by atoms with E-state index in [0.29, 0.717) is 0 Å². The van der Waals surface area contributed by atoms with Crippen molar-refractivity contribution in [2.24, 2.45) is 0 Å². The molecule has 1 aliphatic rings. The molecule has 0 atom stereocenters. The maximum absolute atomic E-state index is 3.82. The first kappa shape index (κ1) is 17.7. The Balaban J connectivity index is 1.99. The molecule has 130 valence electrons. The summed E-state index contributed by atoms with van der Waals surface area (Å²) in [7, 11) is 0. The summed E-state index contributed by atoms with van der Waals surface area (Å²) >= 11 is 0. The van der Waals surface area contributed by atoms with Crippen LogP contribution in [-0.4, -0.2) is 0 Å². The lowest BCUT2D eigenvalue weighted by atomic mass is 9.63. The monoisotopic (exact) mass is 330 g/mol. The molecule has 0 radical (unpaired) electrons. The van der Waals surface area contributed by atoms with Crippen molar-refractivity contribution < 1.29 is 0 Å². The predicted molar refractivity (Wildman–Crippen MR) is 112 cm³/mol. The first-order chi connectivity index (χ1) is 11.7. The SMILES string of the molecule is C=Cc1ccc(/C(C)=C/c2ccc3c(c2)C(C)(C)CCC3(C)C)cc1. The van der Waals surface area contributed by atoms with Gasteiger partial charge in [0.05, 0.1) is 0 Å². The first-order valence-corrected chi connectivity index (χ1v) is 9.29. The number of allylic oxidation sites excluding steroid dienone is 1. The number of hydrogen-bond acceptors (Lipinski definition) is 0. The van der Waals surface area contributed by atoms with Gasteiger partial charge in [0.25, 0.3) is 0 Å². The molecule has 0 heteroatoms. The Morgan fingerprint density at radius 1 is 0.840 bits per heavy atom. The van der Waals surface area contributed by atoms with Crippen LogP contribution in [0.25, 0.3) is 17.7 Å². The molecule has 2 aromatic carbocycles. The smallest absolute Gasteiger partial charge is 0.0100 e. The van der Waals surface area contributed by atoms with Gasteiger partial charge >= 0.3 is 0 Å². The van der Waals surface area contributed by atoms with Crippen LogP contribution in [0.1, 0.15) is 75.3 Å². The zero-order valence-corrected chi connectivity index (χ0v) is 16.3. The summed E-state index contributed by atoms with van der Waals surface area (Å²) in [6.45, 7) is 15.5. The highest BCUT2D eigenvalue weighted by Crippen LogP contribution is 2.46. The van der Waals surface area contributed by atoms with E-state index in [2.05, 4.69) is 89.7 Å². The predicted octanol–water partition coefficient (Wildman–Crippen LogP) is 7.24. The first-order valence-electron chi connectivity index (χ1n) is 9.29. The molecule has 25 heavy (non-hydrogen) atoms. The van der Waals surface area contributed by atoms with Crippen molar-refractivity contribution in [1.29, 1.82) is 0 Å². The van der Waals surface area contributed by atoms with E-state index in [-0.39, 0.29) is 10.8 Å². The Morgan fingerprint density at radius 2 is 1.40 bits per heavy atom. The third-order valence-electron chi connectivity index (χ3n) is 5.86. The zero-order valence-electron chi connectivity index (χ0n) is 16.3. The Labute approximate surface area is 153 Å². The van der Waals surface area contributed by atoms with Gasteiger partial charge in [-0.2, -0.15) is 0 Å². The van der Waals surface area contributed by atoms with Gasteiger partial charge in [0.15, 0.2) is 0 Å². The maximum atomic E-state index is 3.82. The summed E-state index contributed by atoms with van der Waals surface area (Å²) in [6, 6.07) is 15.6. The molecular formula is C25H30. The Hall–Kier alpha value is -2.08. The standard InChI is InChI=1S/C25H30/c1-7-19-8-11-21(12-9-19)18(2)16-20-10-13-22-23(17-20)25(5,6)15-14-24(22,3)4/h7-13,16-17H,1,14-15H2,2-6H3/b18-16+. The van der Waals surface area contributed by atoms with Gasteiger partial charge in [0, 0.05) is 0 Å². The van der Waals surface area contributed by atoms with Crippen LogP contribution in [0, 0.1) is 0 Å². The van der Waals surface area contributed by atoms with Crippen molar-refractivity contribution in [2.45, 2.75) is 58.3 Å². The van der Waals surface area contributed by atoms with Gasteiger partial charge in [-0.25, -0.2) is 0 Å². The lowest BCUT2D eigenvalue weighted by Crippen LogP contribution is -2.33. The van der Waals surface area contributed by atoms with Crippen molar-refractivity contribution in [3.05, 3.63) is 76.9 Å². The van der Waals surface area contributed by atoms with Crippen molar-refractivity contribution in [2.75, 3.05) is 0 Å². The van der Waals surface area contributed by atoms with Crippen LogP contribution in [0.3, 0.4) is 0 Å².